The number of carbonyl (C=O) groups excluding carboxylic acids is 1. The minimum Gasteiger partial charge on any atom is -0.296 e. The smallest absolute Gasteiger partial charge is 0.169 e. The summed E-state index contributed by atoms with van der Waals surface area (Å²) in [6.07, 6.45) is 7.36. The molecule has 1 aromatic heterocycles. The molecule has 0 amide bonds. The monoisotopic (exact) mass is 242 g/mol. The third kappa shape index (κ3) is 1.55. The van der Waals surface area contributed by atoms with Crippen LogP contribution in [0.15, 0.2) is 10.7 Å². The van der Waals surface area contributed by atoms with E-state index in [-0.39, 0.29) is 0 Å². The molecule has 0 saturated heterocycles. The molecule has 1 heterocycles. The Labute approximate surface area is 85.3 Å². The van der Waals surface area contributed by atoms with Crippen LogP contribution in [0, 0.1) is 0 Å². The highest BCUT2D eigenvalue weighted by Crippen LogP contribution is 2.31. The lowest BCUT2D eigenvalue weighted by atomic mass is 10.2. The second kappa shape index (κ2) is 3.62. The summed E-state index contributed by atoms with van der Waals surface area (Å²) in [7, 11) is 0. The van der Waals surface area contributed by atoms with E-state index in [4.69, 9.17) is 0 Å². The molecule has 1 aromatic rings. The van der Waals surface area contributed by atoms with E-state index in [1.807, 2.05) is 4.68 Å². The summed E-state index contributed by atoms with van der Waals surface area (Å²) >= 11 is 3.31. The van der Waals surface area contributed by atoms with Crippen LogP contribution in [-0.4, -0.2) is 16.1 Å². The molecule has 0 N–H and O–H groups in total. The molecular weight excluding hydrogens is 232 g/mol. The maximum Gasteiger partial charge on any atom is 0.169 e. The van der Waals surface area contributed by atoms with Crippen molar-refractivity contribution in [3.05, 3.63) is 16.4 Å². The Hall–Kier alpha value is -0.640. The molecule has 0 aromatic carbocycles. The zero-order valence-corrected chi connectivity index (χ0v) is 8.83. The number of aldehydes is 1. The summed E-state index contributed by atoms with van der Waals surface area (Å²) < 4.78 is 2.65. The van der Waals surface area contributed by atoms with E-state index in [9.17, 15) is 4.79 Å². The SMILES string of the molecule is O=Cc1c(Br)cnn1C1CCCC1. The van der Waals surface area contributed by atoms with Crippen LogP contribution in [0.2, 0.25) is 0 Å². The maximum absolute atomic E-state index is 10.8. The highest BCUT2D eigenvalue weighted by Gasteiger charge is 2.20. The molecule has 0 atom stereocenters. The van der Waals surface area contributed by atoms with Gasteiger partial charge in [-0.05, 0) is 28.8 Å². The fraction of sp³-hybridized carbons (Fsp3) is 0.556. The quantitative estimate of drug-likeness (QED) is 0.748. The Morgan fingerprint density at radius 2 is 2.23 bits per heavy atom. The highest BCUT2D eigenvalue weighted by molar-refractivity contribution is 9.10. The van der Waals surface area contributed by atoms with Crippen molar-refractivity contribution in [1.29, 1.82) is 0 Å². The van der Waals surface area contributed by atoms with Gasteiger partial charge in [-0.15, -0.1) is 0 Å². The Kier molecular flexibility index (Phi) is 2.49. The molecule has 1 saturated carbocycles. The number of nitrogens with zero attached hydrogens (tertiary/aromatic N) is 2. The molecule has 0 radical (unpaired) electrons. The fourth-order valence-electron chi connectivity index (χ4n) is 1.90. The van der Waals surface area contributed by atoms with Gasteiger partial charge in [0.15, 0.2) is 6.29 Å². The largest absolute Gasteiger partial charge is 0.296 e. The fourth-order valence-corrected chi connectivity index (χ4v) is 2.27. The standard InChI is InChI=1S/C9H11BrN2O/c10-8-5-11-12(9(8)6-13)7-3-1-2-4-7/h5-7H,1-4H2. The van der Waals surface area contributed by atoms with E-state index >= 15 is 0 Å². The normalized spacial score (nSPS) is 17.9. The third-order valence-electron chi connectivity index (χ3n) is 2.57. The molecule has 1 fully saturated rings. The zero-order chi connectivity index (χ0) is 9.26. The van der Waals surface area contributed by atoms with E-state index in [1.165, 1.54) is 12.8 Å². The number of carbonyl (C=O) groups is 1. The summed E-state index contributed by atoms with van der Waals surface area (Å²) in [5.41, 5.74) is 0.673. The van der Waals surface area contributed by atoms with E-state index in [1.54, 1.807) is 6.20 Å². The minimum absolute atomic E-state index is 0.437. The van der Waals surface area contributed by atoms with Gasteiger partial charge in [-0.1, -0.05) is 12.8 Å². The first kappa shape index (κ1) is 8.94. The van der Waals surface area contributed by atoms with Crippen molar-refractivity contribution in [2.75, 3.05) is 0 Å². The van der Waals surface area contributed by atoms with Gasteiger partial charge < -0.3 is 0 Å². The first-order valence-electron chi connectivity index (χ1n) is 4.51. The third-order valence-corrected chi connectivity index (χ3v) is 3.18. The predicted molar refractivity (Wildman–Crippen MR) is 52.8 cm³/mol. The van der Waals surface area contributed by atoms with E-state index < -0.39 is 0 Å². The lowest BCUT2D eigenvalue weighted by Crippen LogP contribution is -2.09. The van der Waals surface area contributed by atoms with Gasteiger partial charge in [-0.2, -0.15) is 5.10 Å². The highest BCUT2D eigenvalue weighted by atomic mass is 79.9. The van der Waals surface area contributed by atoms with Gasteiger partial charge in [0.05, 0.1) is 16.7 Å². The van der Waals surface area contributed by atoms with Crippen molar-refractivity contribution in [3.63, 3.8) is 0 Å². The van der Waals surface area contributed by atoms with E-state index in [0.29, 0.717) is 11.7 Å². The van der Waals surface area contributed by atoms with Crippen molar-refractivity contribution in [3.8, 4) is 0 Å². The van der Waals surface area contributed by atoms with Crippen molar-refractivity contribution in [2.45, 2.75) is 31.7 Å². The molecule has 4 heteroatoms. The van der Waals surface area contributed by atoms with Crippen LogP contribution >= 0.6 is 15.9 Å². The van der Waals surface area contributed by atoms with Crippen molar-refractivity contribution >= 4 is 22.2 Å². The summed E-state index contributed by atoms with van der Waals surface area (Å²) in [4.78, 5) is 10.8. The number of hydrogen-bond acceptors (Lipinski definition) is 2. The van der Waals surface area contributed by atoms with E-state index in [2.05, 4.69) is 21.0 Å². The average molecular weight is 243 g/mol. The Balaban J connectivity index is 2.32. The van der Waals surface area contributed by atoms with Crippen LogP contribution in [-0.2, 0) is 0 Å². The minimum atomic E-state index is 0.437. The van der Waals surface area contributed by atoms with Gasteiger partial charge in [0.2, 0.25) is 0 Å². The van der Waals surface area contributed by atoms with Crippen LogP contribution in [0.1, 0.15) is 42.2 Å². The second-order valence-corrected chi connectivity index (χ2v) is 4.23. The van der Waals surface area contributed by atoms with Crippen LogP contribution in [0.4, 0.5) is 0 Å². The molecule has 13 heavy (non-hydrogen) atoms. The number of hydrogen-bond donors (Lipinski definition) is 0. The van der Waals surface area contributed by atoms with Gasteiger partial charge >= 0.3 is 0 Å². The summed E-state index contributed by atoms with van der Waals surface area (Å²) in [6.45, 7) is 0. The van der Waals surface area contributed by atoms with E-state index in [0.717, 1.165) is 23.6 Å². The van der Waals surface area contributed by atoms with Crippen molar-refractivity contribution < 1.29 is 4.79 Å². The maximum atomic E-state index is 10.8. The van der Waals surface area contributed by atoms with Gasteiger partial charge in [0, 0.05) is 0 Å². The molecular formula is C9H11BrN2O. The number of rotatable bonds is 2. The second-order valence-electron chi connectivity index (χ2n) is 3.38. The zero-order valence-electron chi connectivity index (χ0n) is 7.24. The first-order chi connectivity index (χ1) is 6.33. The molecule has 0 unspecified atom stereocenters. The summed E-state index contributed by atoms with van der Waals surface area (Å²) in [5, 5.41) is 4.21. The van der Waals surface area contributed by atoms with Crippen LogP contribution in [0.25, 0.3) is 0 Å². The molecule has 1 aliphatic rings. The van der Waals surface area contributed by atoms with Gasteiger partial charge in [-0.25, -0.2) is 0 Å². The topological polar surface area (TPSA) is 34.9 Å². The van der Waals surface area contributed by atoms with Gasteiger partial charge in [-0.3, -0.25) is 9.48 Å². The molecule has 70 valence electrons. The summed E-state index contributed by atoms with van der Waals surface area (Å²) in [5.74, 6) is 0. The lowest BCUT2D eigenvalue weighted by molar-refractivity contribution is 0.111. The predicted octanol–water partition coefficient (Wildman–Crippen LogP) is 2.57. The number of halogens is 1. The van der Waals surface area contributed by atoms with Gasteiger partial charge in [0.25, 0.3) is 0 Å². The Morgan fingerprint density at radius 1 is 1.54 bits per heavy atom. The Morgan fingerprint density at radius 3 is 2.85 bits per heavy atom. The lowest BCUT2D eigenvalue weighted by Gasteiger charge is -2.10. The van der Waals surface area contributed by atoms with Crippen LogP contribution < -0.4 is 0 Å². The Bertz CT molecular complexity index is 315. The average Bonchev–Trinajstić information content (AvgIpc) is 2.71. The first-order valence-corrected chi connectivity index (χ1v) is 5.30. The molecule has 0 aliphatic heterocycles. The summed E-state index contributed by atoms with van der Waals surface area (Å²) in [6, 6.07) is 0.437. The van der Waals surface area contributed by atoms with Gasteiger partial charge in [0.1, 0.15) is 5.69 Å². The molecule has 1 aliphatic carbocycles. The molecule has 0 bridgehead atoms. The molecule has 0 spiro atoms. The van der Waals surface area contributed by atoms with Crippen molar-refractivity contribution in [1.82, 2.24) is 9.78 Å². The molecule has 3 nitrogen and oxygen atoms in total. The van der Waals surface area contributed by atoms with Crippen molar-refractivity contribution in [2.24, 2.45) is 0 Å². The van der Waals surface area contributed by atoms with Crippen LogP contribution in [0.3, 0.4) is 0 Å². The van der Waals surface area contributed by atoms with Crippen LogP contribution in [0.5, 0.6) is 0 Å². The molecule has 2 rings (SSSR count). The number of aromatic nitrogens is 2.